The number of phenolic OH excluding ortho intramolecular Hbond substituents is 1. The molecule has 27 heavy (non-hydrogen) atoms. The molecule has 0 bridgehead atoms. The van der Waals surface area contributed by atoms with E-state index in [4.69, 9.17) is 0 Å². The summed E-state index contributed by atoms with van der Waals surface area (Å²) in [6, 6.07) is 14.8. The van der Waals surface area contributed by atoms with Crippen LogP contribution in [0.1, 0.15) is 21.5 Å². The molecule has 2 aromatic carbocycles. The third kappa shape index (κ3) is 4.47. The number of hydrogen-bond donors (Lipinski definition) is 3. The molecule has 0 saturated carbocycles. The molecule has 0 aliphatic carbocycles. The highest BCUT2D eigenvalue weighted by Crippen LogP contribution is 2.25. The lowest BCUT2D eigenvalue weighted by atomic mass is 10.1. The Hall–Kier alpha value is -2.84. The van der Waals surface area contributed by atoms with Gasteiger partial charge in [0.2, 0.25) is 0 Å². The lowest BCUT2D eigenvalue weighted by Crippen LogP contribution is -2.23. The van der Waals surface area contributed by atoms with Crippen molar-refractivity contribution in [2.75, 3.05) is 4.72 Å². The fraction of sp³-hybridized carbons (Fsp3) is 0.105. The molecule has 0 fully saturated rings. The van der Waals surface area contributed by atoms with Gasteiger partial charge < -0.3 is 10.4 Å². The Morgan fingerprint density at radius 2 is 1.89 bits per heavy atom. The molecule has 3 rings (SSSR count). The van der Waals surface area contributed by atoms with Crippen LogP contribution in [0.5, 0.6) is 5.75 Å². The quantitative estimate of drug-likeness (QED) is 0.588. The third-order valence-corrected chi connectivity index (χ3v) is 6.73. The molecule has 0 radical (unpaired) electrons. The number of aryl methyl sites for hydroxylation is 1. The SMILES string of the molecule is Cc1ccccc1CNC(=O)c1ccc(NS(=O)(=O)c2cccs2)cc1O. The molecule has 1 aromatic heterocycles. The number of nitrogens with one attached hydrogen (secondary N) is 2. The Morgan fingerprint density at radius 3 is 2.56 bits per heavy atom. The fourth-order valence-electron chi connectivity index (χ4n) is 2.49. The van der Waals surface area contributed by atoms with Crippen molar-refractivity contribution in [2.24, 2.45) is 0 Å². The lowest BCUT2D eigenvalue weighted by Gasteiger charge is -2.11. The second kappa shape index (κ2) is 7.81. The molecule has 8 heteroatoms. The van der Waals surface area contributed by atoms with E-state index in [0.29, 0.717) is 6.54 Å². The highest BCUT2D eigenvalue weighted by atomic mass is 32.2. The zero-order valence-corrected chi connectivity index (χ0v) is 16.1. The molecule has 3 aromatic rings. The normalized spacial score (nSPS) is 11.1. The van der Waals surface area contributed by atoms with Crippen LogP contribution in [0.3, 0.4) is 0 Å². The van der Waals surface area contributed by atoms with Crippen LogP contribution in [0.2, 0.25) is 0 Å². The van der Waals surface area contributed by atoms with Crippen LogP contribution in [0.25, 0.3) is 0 Å². The van der Waals surface area contributed by atoms with Gasteiger partial charge in [0.15, 0.2) is 0 Å². The van der Waals surface area contributed by atoms with Crippen LogP contribution >= 0.6 is 11.3 Å². The molecule has 1 heterocycles. The average molecular weight is 402 g/mol. The van der Waals surface area contributed by atoms with Crippen molar-refractivity contribution >= 4 is 33.0 Å². The van der Waals surface area contributed by atoms with Crippen molar-refractivity contribution in [1.82, 2.24) is 5.32 Å². The first-order chi connectivity index (χ1) is 12.9. The van der Waals surface area contributed by atoms with Crippen molar-refractivity contribution < 1.29 is 18.3 Å². The number of carbonyl (C=O) groups is 1. The Morgan fingerprint density at radius 1 is 1.11 bits per heavy atom. The van der Waals surface area contributed by atoms with Gasteiger partial charge in [0.1, 0.15) is 9.96 Å². The molecular formula is C19H18N2O4S2. The fourth-order valence-corrected chi connectivity index (χ4v) is 4.53. The molecule has 0 aliphatic heterocycles. The zero-order chi connectivity index (χ0) is 19.4. The Bertz CT molecular complexity index is 1060. The van der Waals surface area contributed by atoms with Crippen LogP contribution in [-0.2, 0) is 16.6 Å². The Kier molecular flexibility index (Phi) is 5.48. The number of carbonyl (C=O) groups excluding carboxylic acids is 1. The Balaban J connectivity index is 1.71. The maximum Gasteiger partial charge on any atom is 0.271 e. The van der Waals surface area contributed by atoms with Crippen molar-refractivity contribution in [3.8, 4) is 5.75 Å². The molecule has 0 saturated heterocycles. The largest absolute Gasteiger partial charge is 0.507 e. The first kappa shape index (κ1) is 18.9. The van der Waals surface area contributed by atoms with E-state index in [9.17, 15) is 18.3 Å². The second-order valence-electron chi connectivity index (χ2n) is 5.88. The Labute approximate surface area is 161 Å². The van der Waals surface area contributed by atoms with Crippen molar-refractivity contribution in [3.63, 3.8) is 0 Å². The summed E-state index contributed by atoms with van der Waals surface area (Å²) in [5.74, 6) is -0.743. The summed E-state index contributed by atoms with van der Waals surface area (Å²) >= 11 is 1.09. The molecule has 3 N–H and O–H groups in total. The number of sulfonamides is 1. The predicted octanol–water partition coefficient (Wildman–Crippen LogP) is 3.49. The van der Waals surface area contributed by atoms with E-state index in [1.807, 2.05) is 31.2 Å². The molecule has 0 atom stereocenters. The first-order valence-corrected chi connectivity index (χ1v) is 10.4. The van der Waals surface area contributed by atoms with Crippen molar-refractivity contribution in [1.29, 1.82) is 0 Å². The molecule has 0 unspecified atom stereocenters. The van der Waals surface area contributed by atoms with E-state index in [1.165, 1.54) is 24.3 Å². The first-order valence-electron chi connectivity index (χ1n) is 8.09. The third-order valence-electron chi connectivity index (χ3n) is 3.96. The second-order valence-corrected chi connectivity index (χ2v) is 8.74. The van der Waals surface area contributed by atoms with Crippen molar-refractivity contribution in [2.45, 2.75) is 17.7 Å². The van der Waals surface area contributed by atoms with Gasteiger partial charge in [0, 0.05) is 12.6 Å². The smallest absolute Gasteiger partial charge is 0.271 e. The monoisotopic (exact) mass is 402 g/mol. The maximum atomic E-state index is 12.3. The summed E-state index contributed by atoms with van der Waals surface area (Å²) in [4.78, 5) is 12.3. The van der Waals surface area contributed by atoms with Gasteiger partial charge in [-0.15, -0.1) is 11.3 Å². The summed E-state index contributed by atoms with van der Waals surface area (Å²) < 4.78 is 27.0. The minimum absolute atomic E-state index is 0.0719. The van der Waals surface area contributed by atoms with Crippen molar-refractivity contribution in [3.05, 3.63) is 76.7 Å². The number of rotatable bonds is 6. The highest BCUT2D eigenvalue weighted by molar-refractivity contribution is 7.94. The molecule has 140 valence electrons. The summed E-state index contributed by atoms with van der Waals surface area (Å²) in [5.41, 5.74) is 2.28. The minimum Gasteiger partial charge on any atom is -0.507 e. The number of thiophene rings is 1. The summed E-state index contributed by atoms with van der Waals surface area (Å²) in [5, 5.41) is 14.6. The molecular weight excluding hydrogens is 384 g/mol. The van der Waals surface area contributed by atoms with E-state index in [2.05, 4.69) is 10.0 Å². The van der Waals surface area contributed by atoms with Crippen LogP contribution in [0.15, 0.2) is 64.2 Å². The molecule has 0 aliphatic rings. The van der Waals surface area contributed by atoms with Gasteiger partial charge >= 0.3 is 0 Å². The number of phenols is 1. The van der Waals surface area contributed by atoms with E-state index in [1.54, 1.807) is 11.4 Å². The van der Waals surface area contributed by atoms with Gasteiger partial charge in [-0.2, -0.15) is 0 Å². The number of benzene rings is 2. The summed E-state index contributed by atoms with van der Waals surface area (Å²) in [6.45, 7) is 2.28. The van der Waals surface area contributed by atoms with Crippen LogP contribution in [0.4, 0.5) is 5.69 Å². The molecule has 0 spiro atoms. The van der Waals surface area contributed by atoms with E-state index < -0.39 is 15.9 Å². The standard InChI is InChI=1S/C19H18N2O4S2/c1-13-5-2-3-6-14(13)12-20-19(23)16-9-8-15(11-17(16)22)21-27(24,25)18-7-4-10-26-18/h2-11,21-22H,12H2,1H3,(H,20,23). The summed E-state index contributed by atoms with van der Waals surface area (Å²) in [7, 11) is -3.71. The van der Waals surface area contributed by atoms with Crippen LogP contribution in [0, 0.1) is 6.92 Å². The minimum atomic E-state index is -3.71. The van der Waals surface area contributed by atoms with E-state index in [0.717, 1.165) is 22.5 Å². The highest BCUT2D eigenvalue weighted by Gasteiger charge is 2.17. The predicted molar refractivity (Wildman–Crippen MR) is 106 cm³/mol. The van der Waals surface area contributed by atoms with Crippen LogP contribution < -0.4 is 10.0 Å². The number of anilines is 1. The van der Waals surface area contributed by atoms with Gasteiger partial charge in [-0.3, -0.25) is 9.52 Å². The van der Waals surface area contributed by atoms with Gasteiger partial charge in [0.05, 0.1) is 11.3 Å². The number of amides is 1. The number of hydrogen-bond acceptors (Lipinski definition) is 5. The topological polar surface area (TPSA) is 95.5 Å². The van der Waals surface area contributed by atoms with Gasteiger partial charge in [-0.25, -0.2) is 8.42 Å². The van der Waals surface area contributed by atoms with Gasteiger partial charge in [-0.1, -0.05) is 30.3 Å². The lowest BCUT2D eigenvalue weighted by molar-refractivity contribution is 0.0948. The zero-order valence-electron chi connectivity index (χ0n) is 14.5. The van der Waals surface area contributed by atoms with Gasteiger partial charge in [-0.05, 0) is 41.6 Å². The van der Waals surface area contributed by atoms with Crippen LogP contribution in [-0.4, -0.2) is 19.4 Å². The number of aromatic hydroxyl groups is 1. The molecule has 6 nitrogen and oxygen atoms in total. The molecule has 1 amide bonds. The van der Waals surface area contributed by atoms with E-state index in [-0.39, 0.29) is 21.2 Å². The average Bonchev–Trinajstić information content (AvgIpc) is 3.16. The van der Waals surface area contributed by atoms with Gasteiger partial charge in [0.25, 0.3) is 15.9 Å². The maximum absolute atomic E-state index is 12.3. The van der Waals surface area contributed by atoms with E-state index >= 15 is 0 Å². The summed E-state index contributed by atoms with van der Waals surface area (Å²) in [6.07, 6.45) is 0.